The van der Waals surface area contributed by atoms with Crippen LogP contribution < -0.4 is 10.9 Å². The van der Waals surface area contributed by atoms with Gasteiger partial charge >= 0.3 is 5.97 Å². The van der Waals surface area contributed by atoms with Crippen molar-refractivity contribution in [1.29, 1.82) is 0 Å². The number of thiophene rings is 1. The van der Waals surface area contributed by atoms with Crippen LogP contribution in [0, 0.1) is 0 Å². The molecule has 0 fully saturated rings. The van der Waals surface area contributed by atoms with Crippen LogP contribution >= 0.6 is 11.3 Å². The summed E-state index contributed by atoms with van der Waals surface area (Å²) in [5.41, 5.74) is 0.0543. The van der Waals surface area contributed by atoms with Crippen molar-refractivity contribution in [3.05, 3.63) is 51.3 Å². The molecule has 2 heterocycles. The fraction of sp³-hybridized carbons (Fsp3) is 0.154. The van der Waals surface area contributed by atoms with Crippen LogP contribution in [0.4, 0.5) is 5.00 Å². The molecule has 0 aliphatic carbocycles. The molecule has 0 bridgehead atoms. The third-order valence-electron chi connectivity index (χ3n) is 2.40. The van der Waals surface area contributed by atoms with Crippen LogP contribution in [0.1, 0.15) is 27.8 Å². The Morgan fingerprint density at radius 3 is 2.85 bits per heavy atom. The lowest BCUT2D eigenvalue weighted by atomic mass is 10.3. The van der Waals surface area contributed by atoms with E-state index >= 15 is 0 Å². The van der Waals surface area contributed by atoms with E-state index in [0.717, 1.165) is 0 Å². The Bertz CT molecular complexity index is 689. The number of esters is 1. The average Bonchev–Trinajstić information content (AvgIpc) is 2.87. The number of H-pyrrole nitrogens is 1. The Balaban J connectivity index is 2.19. The molecule has 2 rings (SSSR count). The van der Waals surface area contributed by atoms with Crippen molar-refractivity contribution >= 4 is 28.2 Å². The lowest BCUT2D eigenvalue weighted by Crippen LogP contribution is -2.18. The number of carbonyl (C=O) groups excluding carboxylic acids is 2. The summed E-state index contributed by atoms with van der Waals surface area (Å²) < 4.78 is 4.89. The fourth-order valence-electron chi connectivity index (χ4n) is 1.53. The molecule has 0 saturated heterocycles. The highest BCUT2D eigenvalue weighted by Gasteiger charge is 2.16. The average molecular weight is 292 g/mol. The van der Waals surface area contributed by atoms with Gasteiger partial charge < -0.3 is 15.0 Å². The highest BCUT2D eigenvalue weighted by Crippen LogP contribution is 2.24. The Morgan fingerprint density at radius 2 is 2.15 bits per heavy atom. The molecule has 2 N–H and O–H groups in total. The Hall–Kier alpha value is -2.41. The first-order valence-electron chi connectivity index (χ1n) is 5.87. The largest absolute Gasteiger partial charge is 0.462 e. The van der Waals surface area contributed by atoms with E-state index in [9.17, 15) is 14.4 Å². The van der Waals surface area contributed by atoms with Gasteiger partial charge in [-0.2, -0.15) is 0 Å². The summed E-state index contributed by atoms with van der Waals surface area (Å²) in [6, 6.07) is 5.85. The number of hydrogen-bond acceptors (Lipinski definition) is 5. The Morgan fingerprint density at radius 1 is 1.35 bits per heavy atom. The predicted octanol–water partition coefficient (Wildman–Crippen LogP) is 1.87. The molecule has 2 aromatic rings. The molecule has 104 valence electrons. The van der Waals surface area contributed by atoms with Crippen molar-refractivity contribution < 1.29 is 14.3 Å². The van der Waals surface area contributed by atoms with Crippen molar-refractivity contribution in [1.82, 2.24) is 4.98 Å². The molecular formula is C13H12N2O4S. The molecule has 0 aromatic carbocycles. The molecule has 0 aliphatic heterocycles. The maximum absolute atomic E-state index is 12.0. The van der Waals surface area contributed by atoms with Crippen molar-refractivity contribution in [2.24, 2.45) is 0 Å². The molecule has 6 nitrogen and oxygen atoms in total. The van der Waals surface area contributed by atoms with Gasteiger partial charge in [0.1, 0.15) is 10.7 Å². The smallest absolute Gasteiger partial charge is 0.341 e. The van der Waals surface area contributed by atoms with Crippen LogP contribution in [-0.4, -0.2) is 23.5 Å². The normalized spacial score (nSPS) is 10.1. The maximum atomic E-state index is 12.0. The zero-order chi connectivity index (χ0) is 14.5. The van der Waals surface area contributed by atoms with Crippen molar-refractivity contribution in [3.63, 3.8) is 0 Å². The van der Waals surface area contributed by atoms with Crippen LogP contribution in [0.2, 0.25) is 0 Å². The van der Waals surface area contributed by atoms with Gasteiger partial charge in [0, 0.05) is 6.07 Å². The second-order valence-corrected chi connectivity index (χ2v) is 4.68. The molecule has 0 radical (unpaired) electrons. The number of amides is 1. The third-order valence-corrected chi connectivity index (χ3v) is 3.23. The van der Waals surface area contributed by atoms with Gasteiger partial charge in [-0.15, -0.1) is 11.3 Å². The summed E-state index contributed by atoms with van der Waals surface area (Å²) in [6.07, 6.45) is 0. The predicted molar refractivity (Wildman–Crippen MR) is 75.3 cm³/mol. The lowest BCUT2D eigenvalue weighted by Gasteiger charge is -2.05. The van der Waals surface area contributed by atoms with Gasteiger partial charge in [0.05, 0.1) is 12.2 Å². The van der Waals surface area contributed by atoms with E-state index in [-0.39, 0.29) is 17.9 Å². The Kier molecular flexibility index (Phi) is 4.31. The lowest BCUT2D eigenvalue weighted by molar-refractivity contribution is 0.0528. The maximum Gasteiger partial charge on any atom is 0.341 e. The zero-order valence-electron chi connectivity index (χ0n) is 10.6. The monoisotopic (exact) mass is 292 g/mol. The number of rotatable bonds is 4. The summed E-state index contributed by atoms with van der Waals surface area (Å²) in [7, 11) is 0. The second-order valence-electron chi connectivity index (χ2n) is 3.77. The molecular weight excluding hydrogens is 280 g/mol. The van der Waals surface area contributed by atoms with E-state index in [4.69, 9.17) is 4.74 Å². The summed E-state index contributed by atoms with van der Waals surface area (Å²) in [4.78, 5) is 37.2. The number of aromatic amines is 1. The second kappa shape index (κ2) is 6.16. The van der Waals surface area contributed by atoms with E-state index in [0.29, 0.717) is 10.6 Å². The summed E-state index contributed by atoms with van der Waals surface area (Å²) in [5, 5.41) is 4.65. The molecule has 7 heteroatoms. The van der Waals surface area contributed by atoms with Crippen LogP contribution in [-0.2, 0) is 4.74 Å². The van der Waals surface area contributed by atoms with Crippen LogP contribution in [0.15, 0.2) is 34.4 Å². The minimum absolute atomic E-state index is 0.126. The number of pyridine rings is 1. The van der Waals surface area contributed by atoms with E-state index in [2.05, 4.69) is 10.3 Å². The molecule has 0 saturated carbocycles. The van der Waals surface area contributed by atoms with Gasteiger partial charge in [0.2, 0.25) is 5.56 Å². The van der Waals surface area contributed by atoms with Gasteiger partial charge in [-0.1, -0.05) is 6.07 Å². The van der Waals surface area contributed by atoms with Gasteiger partial charge in [-0.05, 0) is 24.4 Å². The SMILES string of the molecule is CCOC(=O)c1ccsc1NC(=O)c1cccc(=O)[nH]1. The van der Waals surface area contributed by atoms with Gasteiger partial charge in [0.25, 0.3) is 5.91 Å². The number of hydrogen-bond donors (Lipinski definition) is 2. The van der Waals surface area contributed by atoms with E-state index in [1.54, 1.807) is 18.4 Å². The molecule has 20 heavy (non-hydrogen) atoms. The first kappa shape index (κ1) is 14.0. The summed E-state index contributed by atoms with van der Waals surface area (Å²) >= 11 is 1.21. The van der Waals surface area contributed by atoms with E-state index in [1.165, 1.54) is 29.5 Å². The number of aromatic nitrogens is 1. The van der Waals surface area contributed by atoms with Crippen LogP contribution in [0.5, 0.6) is 0 Å². The standard InChI is InChI=1S/C13H12N2O4S/c1-2-19-13(18)8-6-7-20-12(8)15-11(17)9-4-3-5-10(16)14-9/h3-7H,2H2,1H3,(H,14,16)(H,15,17). The highest BCUT2D eigenvalue weighted by molar-refractivity contribution is 7.14. The van der Waals surface area contributed by atoms with Crippen molar-refractivity contribution in [2.45, 2.75) is 6.92 Å². The minimum Gasteiger partial charge on any atom is -0.462 e. The first-order valence-corrected chi connectivity index (χ1v) is 6.75. The van der Waals surface area contributed by atoms with Gasteiger partial charge in [-0.25, -0.2) is 4.79 Å². The summed E-state index contributed by atoms with van der Waals surface area (Å²) in [5.74, 6) is -0.985. The van der Waals surface area contributed by atoms with E-state index < -0.39 is 11.9 Å². The van der Waals surface area contributed by atoms with Gasteiger partial charge in [0.15, 0.2) is 0 Å². The molecule has 0 atom stereocenters. The number of nitrogens with one attached hydrogen (secondary N) is 2. The van der Waals surface area contributed by atoms with E-state index in [1.807, 2.05) is 0 Å². The topological polar surface area (TPSA) is 88.3 Å². The molecule has 0 unspecified atom stereocenters. The number of anilines is 1. The third kappa shape index (κ3) is 3.12. The molecule has 0 aliphatic rings. The first-order chi connectivity index (χ1) is 9.61. The highest BCUT2D eigenvalue weighted by atomic mass is 32.1. The van der Waals surface area contributed by atoms with Crippen molar-refractivity contribution in [3.8, 4) is 0 Å². The molecule has 2 aromatic heterocycles. The quantitative estimate of drug-likeness (QED) is 0.842. The van der Waals surface area contributed by atoms with Crippen LogP contribution in [0.25, 0.3) is 0 Å². The molecule has 1 amide bonds. The zero-order valence-corrected chi connectivity index (χ0v) is 11.5. The summed E-state index contributed by atoms with van der Waals surface area (Å²) in [6.45, 7) is 1.96. The Labute approximate surface area is 118 Å². The fourth-order valence-corrected chi connectivity index (χ4v) is 2.30. The van der Waals surface area contributed by atoms with Crippen molar-refractivity contribution in [2.75, 3.05) is 11.9 Å². The molecule has 0 spiro atoms. The van der Waals surface area contributed by atoms with Gasteiger partial charge in [-0.3, -0.25) is 9.59 Å². The number of carbonyl (C=O) groups is 2. The van der Waals surface area contributed by atoms with Crippen LogP contribution in [0.3, 0.4) is 0 Å². The number of ether oxygens (including phenoxy) is 1. The minimum atomic E-state index is -0.495.